The summed E-state index contributed by atoms with van der Waals surface area (Å²) in [4.78, 5) is 12.2. The number of nitrogens with zero attached hydrogens (tertiary/aromatic N) is 1. The summed E-state index contributed by atoms with van der Waals surface area (Å²) >= 11 is 0. The zero-order chi connectivity index (χ0) is 7.44. The van der Waals surface area contributed by atoms with E-state index in [4.69, 9.17) is 0 Å². The lowest BCUT2D eigenvalue weighted by Gasteiger charge is -2.10. The molecule has 0 heterocycles. The molecule has 0 aliphatic carbocycles. The first-order valence-corrected chi connectivity index (χ1v) is 2.54. The van der Waals surface area contributed by atoms with Crippen molar-refractivity contribution < 1.29 is 9.53 Å². The molecule has 0 fully saturated rings. The molecule has 0 unspecified atom stereocenters. The van der Waals surface area contributed by atoms with Gasteiger partial charge in [-0.25, -0.2) is 0 Å². The first-order chi connectivity index (χ1) is 4.09. The van der Waals surface area contributed by atoms with Crippen LogP contribution in [0.5, 0.6) is 0 Å². The highest BCUT2D eigenvalue weighted by atomic mass is 16.5. The average molecular weight is 129 g/mol. The van der Waals surface area contributed by atoms with Gasteiger partial charge in [-0.3, -0.25) is 4.79 Å². The highest BCUT2D eigenvalue weighted by Crippen LogP contribution is 1.93. The van der Waals surface area contributed by atoms with Crippen molar-refractivity contribution in [2.45, 2.75) is 0 Å². The predicted molar refractivity (Wildman–Crippen MR) is 34.8 cm³/mol. The Balaban J connectivity index is 3.89. The smallest absolute Gasteiger partial charge is 0.287 e. The summed E-state index contributed by atoms with van der Waals surface area (Å²) in [6, 6.07) is 0. The first-order valence-electron chi connectivity index (χ1n) is 2.54. The number of amides is 1. The fourth-order valence-electron chi connectivity index (χ4n) is 0.337. The summed E-state index contributed by atoms with van der Waals surface area (Å²) in [6.45, 7) is 3.38. The number of ether oxygens (including phenoxy) is 1. The molecule has 0 bridgehead atoms. The van der Waals surface area contributed by atoms with Crippen LogP contribution in [0.15, 0.2) is 12.3 Å². The van der Waals surface area contributed by atoms with Gasteiger partial charge in [-0.15, -0.1) is 0 Å². The van der Waals surface area contributed by atoms with Gasteiger partial charge in [-0.2, -0.15) is 0 Å². The van der Waals surface area contributed by atoms with Gasteiger partial charge in [0.2, 0.25) is 0 Å². The van der Waals surface area contributed by atoms with E-state index in [1.165, 1.54) is 12.0 Å². The normalized spacial score (nSPS) is 8.33. The summed E-state index contributed by atoms with van der Waals surface area (Å²) in [5.74, 6) is -0.0301. The number of rotatable bonds is 2. The molecule has 0 N–H and O–H groups in total. The van der Waals surface area contributed by atoms with E-state index in [0.29, 0.717) is 0 Å². The summed E-state index contributed by atoms with van der Waals surface area (Å²) < 4.78 is 4.59. The number of methoxy groups -OCH3 is 1. The van der Waals surface area contributed by atoms with Gasteiger partial charge in [0, 0.05) is 14.1 Å². The molecule has 1 amide bonds. The molecule has 0 rings (SSSR count). The second-order valence-corrected chi connectivity index (χ2v) is 1.83. The predicted octanol–water partition coefficient (Wildman–Crippen LogP) is 0.235. The third-order valence-electron chi connectivity index (χ3n) is 0.891. The van der Waals surface area contributed by atoms with E-state index in [2.05, 4.69) is 11.3 Å². The number of hydrogen-bond donors (Lipinski definition) is 0. The molecule has 3 nitrogen and oxygen atoms in total. The maximum absolute atomic E-state index is 10.8. The lowest BCUT2D eigenvalue weighted by molar-refractivity contribution is -0.127. The number of hydrogen-bond acceptors (Lipinski definition) is 2. The molecule has 0 saturated heterocycles. The lowest BCUT2D eigenvalue weighted by Crippen LogP contribution is -2.23. The monoisotopic (exact) mass is 129 g/mol. The second kappa shape index (κ2) is 3.12. The minimum absolute atomic E-state index is 0.167. The fourth-order valence-corrected chi connectivity index (χ4v) is 0.337. The molecule has 0 aromatic rings. The fraction of sp³-hybridized carbons (Fsp3) is 0.500. The average Bonchev–Trinajstić information content (AvgIpc) is 1.84. The summed E-state index contributed by atoms with van der Waals surface area (Å²) in [6.07, 6.45) is 0. The van der Waals surface area contributed by atoms with E-state index in [1.807, 2.05) is 0 Å². The van der Waals surface area contributed by atoms with Crippen LogP contribution in [-0.2, 0) is 9.53 Å². The van der Waals surface area contributed by atoms with Crippen LogP contribution in [0.1, 0.15) is 0 Å². The Hall–Kier alpha value is -0.990. The van der Waals surface area contributed by atoms with E-state index in [-0.39, 0.29) is 11.7 Å². The van der Waals surface area contributed by atoms with Crippen molar-refractivity contribution >= 4 is 5.91 Å². The van der Waals surface area contributed by atoms with Gasteiger partial charge in [-0.05, 0) is 0 Å². The maximum Gasteiger partial charge on any atom is 0.287 e. The van der Waals surface area contributed by atoms with E-state index in [1.54, 1.807) is 14.1 Å². The minimum atomic E-state index is -0.197. The molecule has 9 heavy (non-hydrogen) atoms. The Labute approximate surface area is 54.9 Å². The Kier molecular flexibility index (Phi) is 2.78. The van der Waals surface area contributed by atoms with E-state index in [0.717, 1.165) is 0 Å². The van der Waals surface area contributed by atoms with Crippen LogP contribution in [0.25, 0.3) is 0 Å². The first kappa shape index (κ1) is 8.01. The minimum Gasteiger partial charge on any atom is -0.492 e. The van der Waals surface area contributed by atoms with Gasteiger partial charge in [0.1, 0.15) is 0 Å². The second-order valence-electron chi connectivity index (χ2n) is 1.83. The summed E-state index contributed by atoms with van der Waals surface area (Å²) in [5.41, 5.74) is 0. The molecule has 52 valence electrons. The highest BCUT2D eigenvalue weighted by Gasteiger charge is 2.07. The van der Waals surface area contributed by atoms with E-state index >= 15 is 0 Å². The number of carbonyl (C=O) groups is 1. The molecular weight excluding hydrogens is 118 g/mol. The van der Waals surface area contributed by atoms with Gasteiger partial charge in [0.15, 0.2) is 5.76 Å². The molecule has 0 radical (unpaired) electrons. The van der Waals surface area contributed by atoms with Crippen LogP contribution in [0.2, 0.25) is 0 Å². The Morgan fingerprint density at radius 3 is 2.11 bits per heavy atom. The molecule has 0 aliphatic heterocycles. The van der Waals surface area contributed by atoms with E-state index < -0.39 is 0 Å². The van der Waals surface area contributed by atoms with Crippen LogP contribution in [0, 0.1) is 0 Å². The Bertz CT molecular complexity index is 129. The zero-order valence-corrected chi connectivity index (χ0v) is 5.97. The summed E-state index contributed by atoms with van der Waals surface area (Å²) in [5, 5.41) is 0. The molecule has 0 spiro atoms. The number of likely N-dealkylation sites (N-methyl/N-ethyl adjacent to an activating group) is 1. The van der Waals surface area contributed by atoms with Crippen molar-refractivity contribution in [3.8, 4) is 0 Å². The van der Waals surface area contributed by atoms with Crippen molar-refractivity contribution in [3.05, 3.63) is 12.3 Å². The SMILES string of the molecule is C=C(OC)C(=O)N(C)C. The van der Waals surface area contributed by atoms with Crippen molar-refractivity contribution in [1.82, 2.24) is 4.90 Å². The molecule has 0 aromatic carbocycles. The topological polar surface area (TPSA) is 29.5 Å². The third kappa shape index (κ3) is 2.17. The zero-order valence-electron chi connectivity index (χ0n) is 5.97. The van der Waals surface area contributed by atoms with Gasteiger partial charge >= 0.3 is 0 Å². The van der Waals surface area contributed by atoms with Gasteiger partial charge in [0.25, 0.3) is 5.91 Å². The molecule has 0 aliphatic rings. The molecule has 0 atom stereocenters. The molecule has 0 aromatic heterocycles. The molecular formula is C6H11NO2. The van der Waals surface area contributed by atoms with E-state index in [9.17, 15) is 4.79 Å². The quantitative estimate of drug-likeness (QED) is 0.394. The van der Waals surface area contributed by atoms with Gasteiger partial charge in [0.05, 0.1) is 7.11 Å². The van der Waals surface area contributed by atoms with Gasteiger partial charge in [-0.1, -0.05) is 6.58 Å². The van der Waals surface area contributed by atoms with Crippen LogP contribution in [0.4, 0.5) is 0 Å². The Morgan fingerprint density at radius 2 is 2.00 bits per heavy atom. The maximum atomic E-state index is 10.8. The molecule has 0 saturated carbocycles. The largest absolute Gasteiger partial charge is 0.492 e. The van der Waals surface area contributed by atoms with Crippen molar-refractivity contribution in [2.24, 2.45) is 0 Å². The van der Waals surface area contributed by atoms with Crippen molar-refractivity contribution in [2.75, 3.05) is 21.2 Å². The Morgan fingerprint density at radius 1 is 1.56 bits per heavy atom. The standard InChI is InChI=1S/C6H11NO2/c1-5(9-4)6(8)7(2)3/h1H2,2-4H3. The highest BCUT2D eigenvalue weighted by molar-refractivity contribution is 5.90. The number of carbonyl (C=O) groups excluding carboxylic acids is 1. The summed E-state index contributed by atoms with van der Waals surface area (Å²) in [7, 11) is 4.71. The van der Waals surface area contributed by atoms with Crippen molar-refractivity contribution in [3.63, 3.8) is 0 Å². The van der Waals surface area contributed by atoms with Crippen LogP contribution >= 0.6 is 0 Å². The van der Waals surface area contributed by atoms with Crippen molar-refractivity contribution in [1.29, 1.82) is 0 Å². The van der Waals surface area contributed by atoms with Crippen LogP contribution < -0.4 is 0 Å². The van der Waals surface area contributed by atoms with Crippen LogP contribution in [0.3, 0.4) is 0 Å². The third-order valence-corrected chi connectivity index (χ3v) is 0.891. The molecule has 3 heteroatoms. The van der Waals surface area contributed by atoms with Crippen LogP contribution in [-0.4, -0.2) is 32.0 Å². The lowest BCUT2D eigenvalue weighted by atomic mass is 10.5. The van der Waals surface area contributed by atoms with Gasteiger partial charge < -0.3 is 9.64 Å².